The number of nitrogens with one attached hydrogen (secondary N) is 1. The second-order valence-electron chi connectivity index (χ2n) is 6.43. The van der Waals surface area contributed by atoms with Gasteiger partial charge in [-0.2, -0.15) is 4.98 Å². The lowest BCUT2D eigenvalue weighted by Crippen LogP contribution is -2.38. The fourth-order valence-electron chi connectivity index (χ4n) is 3.26. The Balaban J connectivity index is 1.84. The minimum absolute atomic E-state index is 0.0956. The number of aryl methyl sites for hydroxylation is 3. The van der Waals surface area contributed by atoms with E-state index in [-0.39, 0.29) is 12.1 Å². The number of likely N-dealkylation sites (tertiary alicyclic amines) is 1. The zero-order valence-corrected chi connectivity index (χ0v) is 14.5. The van der Waals surface area contributed by atoms with Crippen molar-refractivity contribution in [3.05, 3.63) is 41.0 Å². The smallest absolute Gasteiger partial charge is 0.322 e. The number of benzene rings is 1. The highest BCUT2D eigenvalue weighted by Gasteiger charge is 2.30. The van der Waals surface area contributed by atoms with E-state index >= 15 is 0 Å². The number of carbonyl (C=O) groups excluding carboxylic acids is 1. The molecule has 0 aliphatic carbocycles. The number of carbonyl (C=O) groups is 1. The third kappa shape index (κ3) is 3.42. The van der Waals surface area contributed by atoms with Crippen molar-refractivity contribution in [3.8, 4) is 0 Å². The molecule has 0 saturated carbocycles. The minimum atomic E-state index is -0.130. The maximum absolute atomic E-state index is 12.9. The van der Waals surface area contributed by atoms with E-state index in [4.69, 9.17) is 4.52 Å². The topological polar surface area (TPSA) is 71.3 Å². The molecule has 1 fully saturated rings. The number of amides is 2. The highest BCUT2D eigenvalue weighted by atomic mass is 16.5. The van der Waals surface area contributed by atoms with Gasteiger partial charge in [-0.05, 0) is 37.8 Å². The van der Waals surface area contributed by atoms with E-state index in [1.165, 1.54) is 0 Å². The van der Waals surface area contributed by atoms with Gasteiger partial charge in [0.15, 0.2) is 5.82 Å². The molecule has 2 heterocycles. The Morgan fingerprint density at radius 3 is 2.62 bits per heavy atom. The third-order valence-electron chi connectivity index (χ3n) is 4.57. The van der Waals surface area contributed by atoms with Crippen molar-refractivity contribution in [3.63, 3.8) is 0 Å². The van der Waals surface area contributed by atoms with Crippen molar-refractivity contribution in [2.24, 2.45) is 0 Å². The Kier molecular flexibility index (Phi) is 4.83. The Hall–Kier alpha value is -2.37. The zero-order chi connectivity index (χ0) is 17.1. The molecular weight excluding hydrogens is 304 g/mol. The first kappa shape index (κ1) is 16.5. The van der Waals surface area contributed by atoms with Crippen LogP contribution >= 0.6 is 0 Å². The zero-order valence-electron chi connectivity index (χ0n) is 14.5. The van der Waals surface area contributed by atoms with Gasteiger partial charge in [-0.1, -0.05) is 36.2 Å². The molecule has 128 valence electrons. The van der Waals surface area contributed by atoms with Crippen LogP contribution in [-0.4, -0.2) is 27.6 Å². The number of urea groups is 1. The molecule has 1 aliphatic rings. The molecule has 6 nitrogen and oxygen atoms in total. The summed E-state index contributed by atoms with van der Waals surface area (Å²) in [6.07, 6.45) is 4.03. The third-order valence-corrected chi connectivity index (χ3v) is 4.57. The molecular formula is C18H24N4O2. The van der Waals surface area contributed by atoms with Crippen molar-refractivity contribution in [1.29, 1.82) is 0 Å². The molecule has 1 aliphatic heterocycles. The Bertz CT molecular complexity index is 705. The maximum Gasteiger partial charge on any atom is 0.322 e. The molecule has 0 bridgehead atoms. The van der Waals surface area contributed by atoms with Crippen molar-refractivity contribution in [2.75, 3.05) is 11.9 Å². The largest absolute Gasteiger partial charge is 0.340 e. The minimum Gasteiger partial charge on any atom is -0.340 e. The summed E-state index contributed by atoms with van der Waals surface area (Å²) in [6, 6.07) is 5.78. The van der Waals surface area contributed by atoms with Crippen molar-refractivity contribution in [1.82, 2.24) is 15.0 Å². The molecule has 1 atom stereocenters. The highest BCUT2D eigenvalue weighted by Crippen LogP contribution is 2.30. The lowest BCUT2D eigenvalue weighted by atomic mass is 10.1. The van der Waals surface area contributed by atoms with Crippen LogP contribution in [0, 0.1) is 20.8 Å². The predicted octanol–water partition coefficient (Wildman–Crippen LogP) is 4.14. The van der Waals surface area contributed by atoms with Crippen LogP contribution in [0.25, 0.3) is 0 Å². The predicted molar refractivity (Wildman–Crippen MR) is 91.9 cm³/mol. The highest BCUT2D eigenvalue weighted by molar-refractivity contribution is 5.91. The molecule has 2 aromatic rings. The normalized spacial score (nSPS) is 18.3. The average Bonchev–Trinajstić information content (AvgIpc) is 2.83. The van der Waals surface area contributed by atoms with Gasteiger partial charge in [0, 0.05) is 19.2 Å². The first-order valence-electron chi connectivity index (χ1n) is 8.50. The van der Waals surface area contributed by atoms with Gasteiger partial charge in [-0.25, -0.2) is 4.79 Å². The lowest BCUT2D eigenvalue weighted by Gasteiger charge is -2.28. The molecule has 1 saturated heterocycles. The fourth-order valence-corrected chi connectivity index (χ4v) is 3.26. The quantitative estimate of drug-likeness (QED) is 0.899. The van der Waals surface area contributed by atoms with Crippen LogP contribution in [0.3, 0.4) is 0 Å². The summed E-state index contributed by atoms with van der Waals surface area (Å²) >= 11 is 0. The number of aromatic nitrogens is 2. The van der Waals surface area contributed by atoms with Crippen LogP contribution in [0.1, 0.15) is 54.6 Å². The Morgan fingerprint density at radius 1 is 1.21 bits per heavy atom. The van der Waals surface area contributed by atoms with Crippen molar-refractivity contribution >= 4 is 11.7 Å². The second kappa shape index (κ2) is 7.03. The monoisotopic (exact) mass is 328 g/mol. The summed E-state index contributed by atoms with van der Waals surface area (Å²) in [5, 5.41) is 7.13. The summed E-state index contributed by atoms with van der Waals surface area (Å²) in [4.78, 5) is 19.1. The van der Waals surface area contributed by atoms with Crippen molar-refractivity contribution < 1.29 is 9.32 Å². The van der Waals surface area contributed by atoms with E-state index in [0.29, 0.717) is 18.3 Å². The first-order chi connectivity index (χ1) is 11.6. The van der Waals surface area contributed by atoms with Gasteiger partial charge in [-0.3, -0.25) is 0 Å². The summed E-state index contributed by atoms with van der Waals surface area (Å²) < 4.78 is 5.12. The summed E-state index contributed by atoms with van der Waals surface area (Å²) in [5.41, 5.74) is 3.00. The van der Waals surface area contributed by atoms with Gasteiger partial charge in [0.05, 0.1) is 6.04 Å². The lowest BCUT2D eigenvalue weighted by molar-refractivity contribution is 0.184. The summed E-state index contributed by atoms with van der Waals surface area (Å²) in [6.45, 7) is 6.49. The van der Waals surface area contributed by atoms with Crippen LogP contribution in [0.15, 0.2) is 22.7 Å². The average molecular weight is 328 g/mol. The molecule has 6 heteroatoms. The first-order valence-corrected chi connectivity index (χ1v) is 8.50. The molecule has 0 spiro atoms. The number of rotatable bonds is 2. The van der Waals surface area contributed by atoms with E-state index in [1.54, 1.807) is 6.92 Å². The molecule has 0 unspecified atom stereocenters. The van der Waals surface area contributed by atoms with Crippen LogP contribution in [0.2, 0.25) is 0 Å². The van der Waals surface area contributed by atoms with Gasteiger partial charge in [-0.15, -0.1) is 0 Å². The number of hydrogen-bond donors (Lipinski definition) is 1. The van der Waals surface area contributed by atoms with E-state index in [0.717, 1.165) is 42.5 Å². The van der Waals surface area contributed by atoms with Gasteiger partial charge < -0.3 is 14.7 Å². The molecule has 2 amide bonds. The van der Waals surface area contributed by atoms with Crippen molar-refractivity contribution in [2.45, 2.75) is 52.5 Å². The summed E-state index contributed by atoms with van der Waals surface area (Å²) in [5.74, 6) is 1.13. The molecule has 1 aromatic carbocycles. The van der Waals surface area contributed by atoms with Crippen LogP contribution in [-0.2, 0) is 0 Å². The molecule has 3 rings (SSSR count). The standard InChI is InChI=1S/C18H24N4O2/c1-12-8-7-9-13(2)16(12)20-18(23)22-11-6-4-5-10-15(22)17-19-14(3)24-21-17/h7-9,15H,4-6,10-11H2,1-3H3,(H,20,23)/t15-/m1/s1. The van der Waals surface area contributed by atoms with E-state index in [9.17, 15) is 4.79 Å². The molecule has 1 N–H and O–H groups in total. The Labute approximate surface area is 142 Å². The van der Waals surface area contributed by atoms with Gasteiger partial charge in [0.1, 0.15) is 0 Å². The van der Waals surface area contributed by atoms with Crippen LogP contribution < -0.4 is 5.32 Å². The van der Waals surface area contributed by atoms with Gasteiger partial charge in [0.2, 0.25) is 5.89 Å². The number of para-hydroxylation sites is 1. The van der Waals surface area contributed by atoms with E-state index in [2.05, 4.69) is 15.5 Å². The van der Waals surface area contributed by atoms with E-state index < -0.39 is 0 Å². The number of nitrogens with zero attached hydrogens (tertiary/aromatic N) is 3. The maximum atomic E-state index is 12.9. The Morgan fingerprint density at radius 2 is 1.96 bits per heavy atom. The van der Waals surface area contributed by atoms with Crippen LogP contribution in [0.5, 0.6) is 0 Å². The summed E-state index contributed by atoms with van der Waals surface area (Å²) in [7, 11) is 0. The molecule has 0 radical (unpaired) electrons. The van der Waals surface area contributed by atoms with Gasteiger partial charge >= 0.3 is 6.03 Å². The molecule has 1 aromatic heterocycles. The van der Waals surface area contributed by atoms with Crippen LogP contribution in [0.4, 0.5) is 10.5 Å². The molecule has 24 heavy (non-hydrogen) atoms. The fraction of sp³-hybridized carbons (Fsp3) is 0.500. The number of anilines is 1. The SMILES string of the molecule is Cc1nc([C@H]2CCCCCN2C(=O)Nc2c(C)cccc2C)no1. The number of hydrogen-bond acceptors (Lipinski definition) is 4. The van der Waals surface area contributed by atoms with Gasteiger partial charge in [0.25, 0.3) is 0 Å². The van der Waals surface area contributed by atoms with E-state index in [1.807, 2.05) is 36.9 Å². The second-order valence-corrected chi connectivity index (χ2v) is 6.43.